The average Bonchev–Trinajstić information content (AvgIpc) is 3.23. The molecule has 1 aliphatic rings. The third kappa shape index (κ3) is 2.42. The summed E-state index contributed by atoms with van der Waals surface area (Å²) in [4.78, 5) is 4.72. The molecule has 1 aliphatic carbocycles. The normalized spacial score (nSPS) is 14.2. The largest absolute Gasteiger partial charge is 0.455 e. The van der Waals surface area contributed by atoms with E-state index in [9.17, 15) is 0 Å². The Morgan fingerprint density at radius 1 is 0.875 bits per heavy atom. The number of pyridine rings is 2. The molecule has 0 spiro atoms. The zero-order valence-corrected chi connectivity index (χ0v) is 19.5. The maximum absolute atomic E-state index is 6.62. The first kappa shape index (κ1) is 19.2. The molecule has 0 fully saturated rings. The van der Waals surface area contributed by atoms with Gasteiger partial charge in [-0.3, -0.25) is 4.98 Å². The van der Waals surface area contributed by atoms with Crippen molar-refractivity contribution in [2.24, 2.45) is 7.05 Å². The van der Waals surface area contributed by atoms with Gasteiger partial charge in [-0.1, -0.05) is 32.0 Å². The summed E-state index contributed by atoms with van der Waals surface area (Å²) in [5, 5.41) is 2.34. The van der Waals surface area contributed by atoms with Gasteiger partial charge in [0.25, 0.3) is 0 Å². The first-order valence-electron chi connectivity index (χ1n) is 11.2. The van der Waals surface area contributed by atoms with Crippen LogP contribution in [-0.4, -0.2) is 4.98 Å². The van der Waals surface area contributed by atoms with E-state index in [4.69, 9.17) is 9.40 Å². The number of aromatic nitrogens is 2. The van der Waals surface area contributed by atoms with E-state index in [-0.39, 0.29) is 5.41 Å². The number of hydrogen-bond donors (Lipinski definition) is 0. The second-order valence-corrected chi connectivity index (χ2v) is 9.79. The molecular weight excluding hydrogens is 392 g/mol. The zero-order valence-electron chi connectivity index (χ0n) is 19.5. The molecule has 158 valence electrons. The van der Waals surface area contributed by atoms with Gasteiger partial charge in [-0.25, -0.2) is 4.57 Å². The summed E-state index contributed by atoms with van der Waals surface area (Å²) < 4.78 is 8.83. The minimum absolute atomic E-state index is 0.127. The van der Waals surface area contributed by atoms with Crippen molar-refractivity contribution in [2.45, 2.75) is 40.0 Å². The number of benzene rings is 2. The predicted octanol–water partition coefficient (Wildman–Crippen LogP) is 6.70. The van der Waals surface area contributed by atoms with Crippen LogP contribution in [0.1, 0.15) is 41.8 Å². The van der Waals surface area contributed by atoms with Crippen molar-refractivity contribution in [3.05, 3.63) is 82.8 Å². The summed E-state index contributed by atoms with van der Waals surface area (Å²) in [6, 6.07) is 15.5. The van der Waals surface area contributed by atoms with Crippen LogP contribution in [0.2, 0.25) is 0 Å². The molecule has 32 heavy (non-hydrogen) atoms. The Morgan fingerprint density at radius 2 is 1.69 bits per heavy atom. The van der Waals surface area contributed by atoms with Crippen molar-refractivity contribution in [3.63, 3.8) is 0 Å². The monoisotopic (exact) mass is 419 g/mol. The third-order valence-corrected chi connectivity index (χ3v) is 7.35. The average molecular weight is 420 g/mol. The van der Waals surface area contributed by atoms with Crippen LogP contribution < -0.4 is 4.57 Å². The van der Waals surface area contributed by atoms with Gasteiger partial charge in [0.1, 0.15) is 18.2 Å². The van der Waals surface area contributed by atoms with Gasteiger partial charge in [-0.15, -0.1) is 0 Å². The van der Waals surface area contributed by atoms with Gasteiger partial charge in [-0.2, -0.15) is 0 Å². The molecule has 3 nitrogen and oxygen atoms in total. The molecular formula is C29H27N2O+. The fraction of sp³-hybridized carbons (Fsp3) is 0.241. The minimum Gasteiger partial charge on any atom is -0.455 e. The highest BCUT2D eigenvalue weighted by atomic mass is 16.3. The fourth-order valence-corrected chi connectivity index (χ4v) is 5.42. The van der Waals surface area contributed by atoms with Crippen molar-refractivity contribution >= 4 is 21.9 Å². The molecule has 0 bridgehead atoms. The number of aryl methyl sites for hydroxylation is 4. The summed E-state index contributed by atoms with van der Waals surface area (Å²) in [6.45, 7) is 11.0. The SMILES string of the molecule is Cc1cc(-c2c(C)ccc3c2oc2cc4c(cc23)C(C)(C)c2ncccc2-4)[n+](C)cc1C. The van der Waals surface area contributed by atoms with Crippen LogP contribution in [-0.2, 0) is 12.5 Å². The topological polar surface area (TPSA) is 29.9 Å². The van der Waals surface area contributed by atoms with Crippen molar-refractivity contribution in [1.29, 1.82) is 0 Å². The van der Waals surface area contributed by atoms with Crippen molar-refractivity contribution in [3.8, 4) is 22.4 Å². The highest BCUT2D eigenvalue weighted by molar-refractivity contribution is 6.11. The van der Waals surface area contributed by atoms with E-state index in [0.29, 0.717) is 0 Å². The second-order valence-electron chi connectivity index (χ2n) is 9.79. The van der Waals surface area contributed by atoms with E-state index in [1.807, 2.05) is 12.3 Å². The lowest BCUT2D eigenvalue weighted by molar-refractivity contribution is -0.660. The first-order chi connectivity index (χ1) is 15.3. The molecule has 3 heteroatoms. The molecule has 2 aromatic carbocycles. The lowest BCUT2D eigenvalue weighted by Gasteiger charge is -2.19. The van der Waals surface area contributed by atoms with Gasteiger partial charge < -0.3 is 4.42 Å². The quantitative estimate of drug-likeness (QED) is 0.283. The lowest BCUT2D eigenvalue weighted by atomic mass is 9.84. The molecule has 0 radical (unpaired) electrons. The third-order valence-electron chi connectivity index (χ3n) is 7.35. The van der Waals surface area contributed by atoms with E-state index in [1.165, 1.54) is 55.4 Å². The van der Waals surface area contributed by atoms with E-state index < -0.39 is 0 Å². The van der Waals surface area contributed by atoms with Gasteiger partial charge in [0.15, 0.2) is 6.20 Å². The van der Waals surface area contributed by atoms with Crippen LogP contribution in [0.3, 0.4) is 0 Å². The van der Waals surface area contributed by atoms with Crippen LogP contribution >= 0.6 is 0 Å². The number of fused-ring (bicyclic) bond motifs is 6. The van der Waals surface area contributed by atoms with Crippen molar-refractivity contribution in [1.82, 2.24) is 4.98 Å². The van der Waals surface area contributed by atoms with E-state index in [0.717, 1.165) is 16.9 Å². The van der Waals surface area contributed by atoms with Gasteiger partial charge >= 0.3 is 0 Å². The van der Waals surface area contributed by atoms with E-state index in [1.54, 1.807) is 0 Å². The molecule has 0 amide bonds. The molecule has 0 aliphatic heterocycles. The Kier molecular flexibility index (Phi) is 3.78. The Bertz CT molecular complexity index is 1590. The summed E-state index contributed by atoms with van der Waals surface area (Å²) >= 11 is 0. The molecule has 0 N–H and O–H groups in total. The summed E-state index contributed by atoms with van der Waals surface area (Å²) in [6.07, 6.45) is 4.09. The minimum atomic E-state index is -0.127. The Hall–Kier alpha value is -3.46. The van der Waals surface area contributed by atoms with E-state index >= 15 is 0 Å². The van der Waals surface area contributed by atoms with Crippen LogP contribution in [0.4, 0.5) is 0 Å². The van der Waals surface area contributed by atoms with Crippen LogP contribution in [0.25, 0.3) is 44.3 Å². The second kappa shape index (κ2) is 6.29. The molecule has 0 saturated carbocycles. The summed E-state index contributed by atoms with van der Waals surface area (Å²) in [5.74, 6) is 0. The number of nitrogens with zero attached hydrogens (tertiary/aromatic N) is 2. The highest BCUT2D eigenvalue weighted by Crippen LogP contribution is 2.50. The fourth-order valence-electron chi connectivity index (χ4n) is 5.42. The van der Waals surface area contributed by atoms with Crippen molar-refractivity contribution < 1.29 is 8.98 Å². The molecule has 0 saturated heterocycles. The number of hydrogen-bond acceptors (Lipinski definition) is 2. The molecule has 6 rings (SSSR count). The van der Waals surface area contributed by atoms with Crippen LogP contribution in [0.5, 0.6) is 0 Å². The molecule has 0 unspecified atom stereocenters. The maximum atomic E-state index is 6.62. The molecule has 0 atom stereocenters. The summed E-state index contributed by atoms with van der Waals surface area (Å²) in [7, 11) is 2.11. The summed E-state index contributed by atoms with van der Waals surface area (Å²) in [5.41, 5.74) is 12.8. The Balaban J connectivity index is 1.69. The van der Waals surface area contributed by atoms with Gasteiger partial charge in [0.05, 0.1) is 11.3 Å². The first-order valence-corrected chi connectivity index (χ1v) is 11.2. The zero-order chi connectivity index (χ0) is 22.4. The van der Waals surface area contributed by atoms with Gasteiger partial charge in [-0.05, 0) is 61.2 Å². The Morgan fingerprint density at radius 3 is 2.50 bits per heavy atom. The predicted molar refractivity (Wildman–Crippen MR) is 130 cm³/mol. The van der Waals surface area contributed by atoms with Crippen LogP contribution in [0, 0.1) is 20.8 Å². The molecule has 3 aromatic heterocycles. The standard InChI is InChI=1S/C29H27N2O/c1-16-9-10-19-22-13-23-21(20-8-7-11-30-28(20)29(23,4)5)14-25(22)32-27(19)26(16)24-12-17(2)18(3)15-31(24)6/h7-15H,1-6H3/q+1. The Labute approximate surface area is 188 Å². The van der Waals surface area contributed by atoms with E-state index in [2.05, 4.69) is 88.8 Å². The smallest absolute Gasteiger partial charge is 0.216 e. The van der Waals surface area contributed by atoms with Crippen molar-refractivity contribution in [2.75, 3.05) is 0 Å². The number of furan rings is 1. The maximum Gasteiger partial charge on any atom is 0.216 e. The van der Waals surface area contributed by atoms with Crippen LogP contribution in [0.15, 0.2) is 59.3 Å². The highest BCUT2D eigenvalue weighted by Gasteiger charge is 2.37. The van der Waals surface area contributed by atoms with Gasteiger partial charge in [0, 0.05) is 39.6 Å². The van der Waals surface area contributed by atoms with Gasteiger partial charge in [0.2, 0.25) is 5.69 Å². The lowest BCUT2D eigenvalue weighted by Crippen LogP contribution is -2.31. The number of rotatable bonds is 1. The molecule has 3 heterocycles. The molecule has 5 aromatic rings.